The van der Waals surface area contributed by atoms with E-state index in [1.165, 1.54) is 0 Å². The number of nitrogens with one attached hydrogen (secondary N) is 1. The number of hydrogen-bond donors (Lipinski definition) is 1. The lowest BCUT2D eigenvalue weighted by Gasteiger charge is -2.29. The van der Waals surface area contributed by atoms with Crippen LogP contribution in [0.25, 0.3) is 0 Å². The summed E-state index contributed by atoms with van der Waals surface area (Å²) in [6.45, 7) is 5.51. The molecule has 3 rings (SSSR count). The van der Waals surface area contributed by atoms with Gasteiger partial charge in [-0.15, -0.1) is 11.8 Å². The Labute approximate surface area is 141 Å². The Kier molecular flexibility index (Phi) is 5.58. The van der Waals surface area contributed by atoms with Gasteiger partial charge in [-0.05, 0) is 37.4 Å². The quantitative estimate of drug-likeness (QED) is 0.889. The molecule has 0 aromatic carbocycles. The van der Waals surface area contributed by atoms with E-state index in [-0.39, 0.29) is 23.1 Å². The van der Waals surface area contributed by atoms with Crippen LogP contribution in [0.15, 0.2) is 4.52 Å². The fourth-order valence-electron chi connectivity index (χ4n) is 3.07. The predicted molar refractivity (Wildman–Crippen MR) is 88.3 cm³/mol. The zero-order chi connectivity index (χ0) is 16.2. The van der Waals surface area contributed by atoms with Gasteiger partial charge in [0.15, 0.2) is 5.82 Å². The highest BCUT2D eigenvalue weighted by Crippen LogP contribution is 2.32. The van der Waals surface area contributed by atoms with Crippen molar-refractivity contribution in [1.82, 2.24) is 15.5 Å². The Bertz CT molecular complexity index is 522. The molecular formula is C16H25N3O3S. The SMILES string of the molecule is CC(C)c1noc([C@@H](NC(=O)[C@H]2CCCS2)C2CCOCC2)n1. The number of carbonyl (C=O) groups excluding carboxylic acids is 1. The Hall–Kier alpha value is -1.08. The van der Waals surface area contributed by atoms with Crippen LogP contribution < -0.4 is 5.32 Å². The van der Waals surface area contributed by atoms with Gasteiger partial charge >= 0.3 is 0 Å². The summed E-state index contributed by atoms with van der Waals surface area (Å²) in [6.07, 6.45) is 3.88. The third kappa shape index (κ3) is 4.07. The number of carbonyl (C=O) groups is 1. The smallest absolute Gasteiger partial charge is 0.249 e. The number of ether oxygens (including phenoxy) is 1. The zero-order valence-electron chi connectivity index (χ0n) is 13.8. The van der Waals surface area contributed by atoms with Crippen molar-refractivity contribution in [3.63, 3.8) is 0 Å². The van der Waals surface area contributed by atoms with E-state index >= 15 is 0 Å². The topological polar surface area (TPSA) is 77.2 Å². The van der Waals surface area contributed by atoms with Crippen LogP contribution in [0, 0.1) is 5.92 Å². The molecule has 2 aliphatic rings. The lowest BCUT2D eigenvalue weighted by atomic mass is 9.91. The molecule has 1 aromatic rings. The summed E-state index contributed by atoms with van der Waals surface area (Å²) in [4.78, 5) is 17.1. The van der Waals surface area contributed by atoms with Gasteiger partial charge in [0.1, 0.15) is 6.04 Å². The van der Waals surface area contributed by atoms with Crippen LogP contribution in [0.4, 0.5) is 0 Å². The number of rotatable bonds is 5. The summed E-state index contributed by atoms with van der Waals surface area (Å²) in [5.41, 5.74) is 0. The Balaban J connectivity index is 1.75. The van der Waals surface area contributed by atoms with E-state index < -0.39 is 0 Å². The van der Waals surface area contributed by atoms with Crippen molar-refractivity contribution in [2.24, 2.45) is 5.92 Å². The molecule has 2 saturated heterocycles. The molecule has 1 amide bonds. The number of hydrogen-bond acceptors (Lipinski definition) is 6. The summed E-state index contributed by atoms with van der Waals surface area (Å²) in [6, 6.07) is -0.201. The Morgan fingerprint density at radius 1 is 1.30 bits per heavy atom. The van der Waals surface area contributed by atoms with Crippen LogP contribution in [0.2, 0.25) is 0 Å². The molecule has 2 aliphatic heterocycles. The summed E-state index contributed by atoms with van der Waals surface area (Å²) < 4.78 is 10.9. The molecule has 0 aliphatic carbocycles. The molecule has 1 aromatic heterocycles. The molecule has 2 atom stereocenters. The summed E-state index contributed by atoms with van der Waals surface area (Å²) in [5, 5.41) is 7.31. The van der Waals surface area contributed by atoms with Gasteiger partial charge in [0.05, 0.1) is 5.25 Å². The minimum Gasteiger partial charge on any atom is -0.381 e. The van der Waals surface area contributed by atoms with Gasteiger partial charge in [-0.1, -0.05) is 19.0 Å². The molecule has 7 heteroatoms. The first-order valence-corrected chi connectivity index (χ1v) is 9.53. The molecule has 0 radical (unpaired) electrons. The van der Waals surface area contributed by atoms with Crippen LogP contribution in [0.1, 0.15) is 63.2 Å². The molecule has 0 spiro atoms. The molecule has 0 bridgehead atoms. The van der Waals surface area contributed by atoms with Crippen LogP contribution in [0.3, 0.4) is 0 Å². The molecule has 2 fully saturated rings. The number of thioether (sulfide) groups is 1. The molecule has 1 N–H and O–H groups in total. The van der Waals surface area contributed by atoms with Crippen LogP contribution >= 0.6 is 11.8 Å². The maximum Gasteiger partial charge on any atom is 0.249 e. The third-order valence-electron chi connectivity index (χ3n) is 4.50. The predicted octanol–water partition coefficient (Wildman–Crippen LogP) is 2.67. The average molecular weight is 339 g/mol. The first kappa shape index (κ1) is 16.8. The largest absolute Gasteiger partial charge is 0.381 e. The first-order chi connectivity index (χ1) is 11.1. The van der Waals surface area contributed by atoms with Gasteiger partial charge in [0, 0.05) is 19.1 Å². The zero-order valence-corrected chi connectivity index (χ0v) is 14.6. The Morgan fingerprint density at radius 3 is 2.70 bits per heavy atom. The van der Waals surface area contributed by atoms with E-state index in [1.54, 1.807) is 11.8 Å². The van der Waals surface area contributed by atoms with Crippen molar-refractivity contribution in [1.29, 1.82) is 0 Å². The minimum atomic E-state index is -0.201. The van der Waals surface area contributed by atoms with Gasteiger partial charge in [-0.3, -0.25) is 4.79 Å². The number of amides is 1. The maximum absolute atomic E-state index is 12.6. The van der Waals surface area contributed by atoms with Crippen molar-refractivity contribution < 1.29 is 14.1 Å². The third-order valence-corrected chi connectivity index (χ3v) is 5.87. The van der Waals surface area contributed by atoms with E-state index in [0.29, 0.717) is 17.6 Å². The second kappa shape index (κ2) is 7.66. The van der Waals surface area contributed by atoms with Gasteiger partial charge in [-0.25, -0.2) is 0 Å². The molecule has 23 heavy (non-hydrogen) atoms. The van der Waals surface area contributed by atoms with Crippen molar-refractivity contribution >= 4 is 17.7 Å². The van der Waals surface area contributed by atoms with Crippen LogP contribution in [0.5, 0.6) is 0 Å². The van der Waals surface area contributed by atoms with Gasteiger partial charge in [-0.2, -0.15) is 4.98 Å². The van der Waals surface area contributed by atoms with Crippen LogP contribution in [-0.4, -0.2) is 40.3 Å². The highest BCUT2D eigenvalue weighted by Gasteiger charge is 2.34. The fraction of sp³-hybridized carbons (Fsp3) is 0.812. The van der Waals surface area contributed by atoms with Crippen molar-refractivity contribution in [3.05, 3.63) is 11.7 Å². The number of aromatic nitrogens is 2. The standard InChI is InChI=1S/C16H25N3O3S/c1-10(2)14-18-16(22-19-14)13(11-5-7-21-8-6-11)17-15(20)12-4-3-9-23-12/h10-13H,3-9H2,1-2H3,(H,17,20)/t12-,13+/m1/s1. The van der Waals surface area contributed by atoms with Crippen molar-refractivity contribution in [3.8, 4) is 0 Å². The highest BCUT2D eigenvalue weighted by atomic mass is 32.2. The Morgan fingerprint density at radius 2 is 2.09 bits per heavy atom. The molecular weight excluding hydrogens is 314 g/mol. The summed E-state index contributed by atoms with van der Waals surface area (Å²) in [7, 11) is 0. The average Bonchev–Trinajstić information content (AvgIpc) is 3.24. The monoisotopic (exact) mass is 339 g/mol. The van der Waals surface area contributed by atoms with E-state index in [4.69, 9.17) is 9.26 Å². The second-order valence-corrected chi connectivity index (χ2v) is 7.89. The van der Waals surface area contributed by atoms with E-state index in [0.717, 1.165) is 44.6 Å². The molecule has 0 saturated carbocycles. The lowest BCUT2D eigenvalue weighted by molar-refractivity contribution is -0.122. The van der Waals surface area contributed by atoms with E-state index in [2.05, 4.69) is 15.5 Å². The lowest BCUT2D eigenvalue weighted by Crippen LogP contribution is -2.39. The van der Waals surface area contributed by atoms with Gasteiger partial charge in [0.2, 0.25) is 11.8 Å². The minimum absolute atomic E-state index is 0.0600. The molecule has 3 heterocycles. The van der Waals surface area contributed by atoms with E-state index in [9.17, 15) is 4.79 Å². The number of nitrogens with zero attached hydrogens (tertiary/aromatic N) is 2. The van der Waals surface area contributed by atoms with Crippen molar-refractivity contribution in [2.45, 2.75) is 56.7 Å². The van der Waals surface area contributed by atoms with Crippen molar-refractivity contribution in [2.75, 3.05) is 19.0 Å². The first-order valence-electron chi connectivity index (χ1n) is 8.48. The highest BCUT2D eigenvalue weighted by molar-refractivity contribution is 8.00. The normalized spacial score (nSPS) is 24.0. The van der Waals surface area contributed by atoms with Gasteiger partial charge < -0.3 is 14.6 Å². The van der Waals surface area contributed by atoms with Gasteiger partial charge in [0.25, 0.3) is 0 Å². The maximum atomic E-state index is 12.6. The summed E-state index contributed by atoms with van der Waals surface area (Å²) in [5.74, 6) is 2.91. The van der Waals surface area contributed by atoms with E-state index in [1.807, 2.05) is 13.8 Å². The molecule has 128 valence electrons. The molecule has 6 nitrogen and oxygen atoms in total. The second-order valence-electron chi connectivity index (χ2n) is 6.58. The molecule has 0 unspecified atom stereocenters. The summed E-state index contributed by atoms with van der Waals surface area (Å²) >= 11 is 1.74. The van der Waals surface area contributed by atoms with Crippen LogP contribution in [-0.2, 0) is 9.53 Å². The fourth-order valence-corrected chi connectivity index (χ4v) is 4.24.